The van der Waals surface area contributed by atoms with Crippen LogP contribution in [0, 0.1) is 5.92 Å². The van der Waals surface area contributed by atoms with Crippen LogP contribution < -0.4 is 0 Å². The highest BCUT2D eigenvalue weighted by Gasteiger charge is 2.46. The Bertz CT molecular complexity index is 700. The molecule has 2 heterocycles. The van der Waals surface area contributed by atoms with E-state index in [1.165, 1.54) is 4.68 Å². The van der Waals surface area contributed by atoms with Gasteiger partial charge in [0.15, 0.2) is 12.0 Å². The van der Waals surface area contributed by atoms with Gasteiger partial charge < -0.3 is 0 Å². The molecule has 4 atom stereocenters. The highest BCUT2D eigenvalue weighted by molar-refractivity contribution is 5.96. The van der Waals surface area contributed by atoms with Crippen LogP contribution >= 0.6 is 0 Å². The molecule has 0 amide bonds. The van der Waals surface area contributed by atoms with Crippen molar-refractivity contribution in [2.45, 2.75) is 31.2 Å². The van der Waals surface area contributed by atoms with E-state index in [-0.39, 0.29) is 30.5 Å². The fraction of sp³-hybridized carbons (Fsp3) is 0.400. The average molecular weight is 289 g/mol. The molecule has 1 aliphatic carbocycles. The predicted octanol–water partition coefficient (Wildman–Crippen LogP) is 2.82. The second-order valence-electron chi connectivity index (χ2n) is 5.59. The quantitative estimate of drug-likeness (QED) is 0.816. The Hall–Kier alpha value is -2.11. The number of aromatic nitrogens is 3. The molecule has 1 fully saturated rings. The molecular formula is C15H13F2N3O. The summed E-state index contributed by atoms with van der Waals surface area (Å²) in [5.41, 5.74) is 0.928. The van der Waals surface area contributed by atoms with Gasteiger partial charge in [-0.05, 0) is 12.0 Å². The van der Waals surface area contributed by atoms with Gasteiger partial charge in [-0.2, -0.15) is 0 Å². The SMILES string of the molecule is O=C(c1nc2n(n1)[C@H](c1ccccc1)C[C@H]2F)[C@H]1C[C@H]1F. The minimum atomic E-state index is -1.25. The highest BCUT2D eigenvalue weighted by atomic mass is 19.1. The lowest BCUT2D eigenvalue weighted by molar-refractivity contribution is 0.0946. The van der Waals surface area contributed by atoms with E-state index in [2.05, 4.69) is 10.1 Å². The van der Waals surface area contributed by atoms with Crippen LogP contribution in [-0.2, 0) is 0 Å². The summed E-state index contributed by atoms with van der Waals surface area (Å²) < 4.78 is 28.6. The first-order valence-corrected chi connectivity index (χ1v) is 6.99. The van der Waals surface area contributed by atoms with Crippen LogP contribution in [0.1, 0.15) is 47.1 Å². The number of rotatable bonds is 3. The van der Waals surface area contributed by atoms with E-state index in [9.17, 15) is 13.6 Å². The van der Waals surface area contributed by atoms with Crippen LogP contribution in [0.15, 0.2) is 30.3 Å². The maximum absolute atomic E-state index is 14.1. The molecule has 2 aliphatic rings. The Morgan fingerprint density at radius 3 is 2.57 bits per heavy atom. The van der Waals surface area contributed by atoms with Gasteiger partial charge in [0.05, 0.1) is 12.0 Å². The Balaban J connectivity index is 1.69. The number of halogens is 2. The fourth-order valence-electron chi connectivity index (χ4n) is 2.84. The Morgan fingerprint density at radius 2 is 1.90 bits per heavy atom. The molecule has 21 heavy (non-hydrogen) atoms. The van der Waals surface area contributed by atoms with Crippen molar-refractivity contribution in [3.05, 3.63) is 47.5 Å². The van der Waals surface area contributed by atoms with Crippen molar-refractivity contribution in [2.24, 2.45) is 5.92 Å². The summed E-state index contributed by atoms with van der Waals surface area (Å²) in [4.78, 5) is 16.0. The molecule has 4 rings (SSSR count). The van der Waals surface area contributed by atoms with Gasteiger partial charge in [-0.1, -0.05) is 30.3 Å². The second-order valence-corrected chi connectivity index (χ2v) is 5.59. The Morgan fingerprint density at radius 1 is 1.19 bits per heavy atom. The van der Waals surface area contributed by atoms with Gasteiger partial charge in [-0.15, -0.1) is 5.10 Å². The first-order valence-electron chi connectivity index (χ1n) is 6.99. The van der Waals surface area contributed by atoms with Crippen LogP contribution in [0.5, 0.6) is 0 Å². The van der Waals surface area contributed by atoms with Crippen molar-refractivity contribution in [1.82, 2.24) is 14.8 Å². The molecule has 0 bridgehead atoms. The van der Waals surface area contributed by atoms with Crippen LogP contribution in [0.4, 0.5) is 8.78 Å². The van der Waals surface area contributed by atoms with Gasteiger partial charge >= 0.3 is 0 Å². The number of carbonyl (C=O) groups is 1. The Kier molecular flexibility index (Phi) is 2.67. The molecule has 1 aromatic heterocycles. The third-order valence-electron chi connectivity index (χ3n) is 4.12. The first-order chi connectivity index (χ1) is 10.1. The molecule has 1 aromatic carbocycles. The van der Waals surface area contributed by atoms with Gasteiger partial charge in [-0.25, -0.2) is 18.4 Å². The van der Waals surface area contributed by atoms with Gasteiger partial charge in [0, 0.05) is 6.42 Å². The molecule has 4 nitrogen and oxygen atoms in total. The zero-order valence-electron chi connectivity index (χ0n) is 11.1. The number of carbonyl (C=O) groups excluding carboxylic acids is 1. The highest BCUT2D eigenvalue weighted by Crippen LogP contribution is 2.41. The van der Waals surface area contributed by atoms with Crippen LogP contribution in [0.2, 0.25) is 0 Å². The molecule has 0 saturated heterocycles. The molecule has 2 aromatic rings. The normalized spacial score (nSPS) is 30.2. The van der Waals surface area contributed by atoms with E-state index in [1.807, 2.05) is 30.3 Å². The molecule has 6 heteroatoms. The number of nitrogens with zero attached hydrogens (tertiary/aromatic N) is 3. The minimum absolute atomic E-state index is 0.0570. The van der Waals surface area contributed by atoms with Crippen molar-refractivity contribution < 1.29 is 13.6 Å². The van der Waals surface area contributed by atoms with E-state index in [0.717, 1.165) is 5.56 Å². The molecule has 0 N–H and O–H groups in total. The monoisotopic (exact) mass is 289 g/mol. The van der Waals surface area contributed by atoms with Crippen molar-refractivity contribution in [3.63, 3.8) is 0 Å². The number of fused-ring (bicyclic) bond motifs is 1. The van der Waals surface area contributed by atoms with E-state index in [4.69, 9.17) is 0 Å². The van der Waals surface area contributed by atoms with Crippen LogP contribution in [-0.4, -0.2) is 26.7 Å². The van der Waals surface area contributed by atoms with E-state index in [0.29, 0.717) is 0 Å². The number of alkyl halides is 2. The van der Waals surface area contributed by atoms with Crippen molar-refractivity contribution >= 4 is 5.78 Å². The van der Waals surface area contributed by atoms with Crippen molar-refractivity contribution in [3.8, 4) is 0 Å². The summed E-state index contributed by atoms with van der Waals surface area (Å²) in [5.74, 6) is -0.938. The fourth-order valence-corrected chi connectivity index (χ4v) is 2.84. The predicted molar refractivity (Wildman–Crippen MR) is 70.4 cm³/mol. The summed E-state index contributed by atoms with van der Waals surface area (Å²) in [6.45, 7) is 0. The first kappa shape index (κ1) is 12.6. The molecule has 108 valence electrons. The van der Waals surface area contributed by atoms with Crippen LogP contribution in [0.3, 0.4) is 0 Å². The molecule has 1 saturated carbocycles. The van der Waals surface area contributed by atoms with Gasteiger partial charge in [-0.3, -0.25) is 4.79 Å². The van der Waals surface area contributed by atoms with Gasteiger partial charge in [0.2, 0.25) is 11.6 Å². The smallest absolute Gasteiger partial charge is 0.218 e. The maximum atomic E-state index is 14.1. The topological polar surface area (TPSA) is 47.8 Å². The minimum Gasteiger partial charge on any atom is -0.290 e. The van der Waals surface area contributed by atoms with Crippen molar-refractivity contribution in [1.29, 1.82) is 0 Å². The molecule has 0 unspecified atom stereocenters. The summed E-state index contributed by atoms with van der Waals surface area (Å²) in [6.07, 6.45) is -1.85. The Labute approximate surface area is 119 Å². The summed E-state index contributed by atoms with van der Waals surface area (Å²) >= 11 is 0. The van der Waals surface area contributed by atoms with Gasteiger partial charge in [0.1, 0.15) is 6.17 Å². The standard InChI is InChI=1S/C15H13F2N3O/c16-10-6-9(10)13(21)14-18-15-11(17)7-12(20(15)19-14)8-4-2-1-3-5-8/h1-5,9-12H,6-7H2/t9-,10+,11+,12-/m0/s1. The number of hydrogen-bond donors (Lipinski definition) is 0. The lowest BCUT2D eigenvalue weighted by Crippen LogP contribution is -2.11. The van der Waals surface area contributed by atoms with E-state index in [1.54, 1.807) is 0 Å². The lowest BCUT2D eigenvalue weighted by atomic mass is 10.0. The van der Waals surface area contributed by atoms with E-state index < -0.39 is 24.0 Å². The molecule has 0 radical (unpaired) electrons. The third-order valence-corrected chi connectivity index (χ3v) is 4.12. The molecule has 1 aliphatic heterocycles. The summed E-state index contributed by atoms with van der Waals surface area (Å²) in [5, 5.41) is 4.14. The zero-order chi connectivity index (χ0) is 14.6. The van der Waals surface area contributed by atoms with E-state index >= 15 is 0 Å². The summed E-state index contributed by atoms with van der Waals surface area (Å²) in [6, 6.07) is 9.17. The second kappa shape index (κ2) is 4.44. The number of benzene rings is 1. The zero-order valence-corrected chi connectivity index (χ0v) is 11.1. The number of hydrogen-bond acceptors (Lipinski definition) is 3. The lowest BCUT2D eigenvalue weighted by Gasteiger charge is -2.11. The number of Topliss-reactive ketones (excluding diaryl/α,β-unsaturated/α-hetero) is 1. The van der Waals surface area contributed by atoms with Crippen LogP contribution in [0.25, 0.3) is 0 Å². The molecular weight excluding hydrogens is 276 g/mol. The van der Waals surface area contributed by atoms with Crippen molar-refractivity contribution in [2.75, 3.05) is 0 Å². The summed E-state index contributed by atoms with van der Waals surface area (Å²) in [7, 11) is 0. The molecule has 0 spiro atoms. The maximum Gasteiger partial charge on any atom is 0.218 e. The largest absolute Gasteiger partial charge is 0.290 e. The number of ketones is 1. The third kappa shape index (κ3) is 1.97. The van der Waals surface area contributed by atoms with Gasteiger partial charge in [0.25, 0.3) is 0 Å². The average Bonchev–Trinajstić information content (AvgIpc) is 2.95.